The predicted octanol–water partition coefficient (Wildman–Crippen LogP) is 4.96. The molecule has 4 heteroatoms. The minimum Gasteiger partial charge on any atom is -0.508 e. The van der Waals surface area contributed by atoms with Gasteiger partial charge < -0.3 is 14.9 Å². The number of aliphatic hydroxyl groups is 1. The molecular formula is C25H36O4. The summed E-state index contributed by atoms with van der Waals surface area (Å²) in [5, 5.41) is 20.8. The lowest BCUT2D eigenvalue weighted by molar-refractivity contribution is -0.141. The van der Waals surface area contributed by atoms with E-state index < -0.39 is 0 Å². The second kappa shape index (κ2) is 8.29. The van der Waals surface area contributed by atoms with Crippen LogP contribution in [0.5, 0.6) is 5.75 Å². The molecule has 4 rings (SSSR count). The molecule has 3 aliphatic rings. The number of phenolic OH excluding ortho intramolecular Hbond substituents is 1. The molecular weight excluding hydrogens is 364 g/mol. The molecule has 0 aromatic heterocycles. The first-order valence-electron chi connectivity index (χ1n) is 11.5. The summed E-state index contributed by atoms with van der Waals surface area (Å²) < 4.78 is 5.07. The number of hydrogen-bond acceptors (Lipinski definition) is 4. The Morgan fingerprint density at radius 3 is 2.83 bits per heavy atom. The zero-order valence-electron chi connectivity index (χ0n) is 17.9. The molecule has 0 amide bonds. The van der Waals surface area contributed by atoms with E-state index in [1.807, 2.05) is 12.1 Å². The Kier molecular flexibility index (Phi) is 5.92. The minimum atomic E-state index is -0.196. The van der Waals surface area contributed by atoms with Gasteiger partial charge in [-0.2, -0.15) is 0 Å². The average Bonchev–Trinajstić information content (AvgIpc) is 2.98. The Balaban J connectivity index is 1.50. The fraction of sp³-hybridized carbons (Fsp3) is 0.720. The van der Waals surface area contributed by atoms with Crippen molar-refractivity contribution in [1.29, 1.82) is 0 Å². The van der Waals surface area contributed by atoms with Crippen molar-refractivity contribution in [3.05, 3.63) is 29.3 Å². The smallest absolute Gasteiger partial charge is 0.302 e. The molecule has 0 saturated heterocycles. The van der Waals surface area contributed by atoms with E-state index in [4.69, 9.17) is 4.74 Å². The molecule has 0 spiro atoms. The first kappa shape index (κ1) is 20.7. The van der Waals surface area contributed by atoms with Crippen LogP contribution >= 0.6 is 0 Å². The molecule has 0 radical (unpaired) electrons. The van der Waals surface area contributed by atoms with Crippen LogP contribution in [0.3, 0.4) is 0 Å². The highest BCUT2D eigenvalue weighted by Gasteiger charge is 2.56. The molecule has 2 N–H and O–H groups in total. The van der Waals surface area contributed by atoms with Gasteiger partial charge in [-0.3, -0.25) is 4.79 Å². The fourth-order valence-electron chi connectivity index (χ4n) is 6.93. The number of benzene rings is 1. The maximum absolute atomic E-state index is 10.9. The van der Waals surface area contributed by atoms with Gasteiger partial charge in [-0.15, -0.1) is 0 Å². The molecule has 4 nitrogen and oxygen atoms in total. The number of phenols is 1. The molecule has 0 aliphatic heterocycles. The molecule has 6 atom stereocenters. The van der Waals surface area contributed by atoms with Crippen LogP contribution in [0, 0.1) is 23.2 Å². The number of fused-ring (bicyclic) bond motifs is 5. The highest BCUT2D eigenvalue weighted by atomic mass is 16.5. The summed E-state index contributed by atoms with van der Waals surface area (Å²) in [6.45, 7) is 4.31. The first-order chi connectivity index (χ1) is 13.9. The van der Waals surface area contributed by atoms with Crippen LogP contribution in [-0.4, -0.2) is 28.9 Å². The van der Waals surface area contributed by atoms with Crippen LogP contribution in [0.15, 0.2) is 18.2 Å². The van der Waals surface area contributed by atoms with E-state index in [0.29, 0.717) is 36.0 Å². The highest BCUT2D eigenvalue weighted by molar-refractivity contribution is 5.65. The van der Waals surface area contributed by atoms with Gasteiger partial charge in [0.05, 0.1) is 12.7 Å². The average molecular weight is 401 g/mol. The minimum absolute atomic E-state index is 0.0726. The molecule has 2 fully saturated rings. The second-order valence-corrected chi connectivity index (χ2v) is 9.96. The van der Waals surface area contributed by atoms with Crippen molar-refractivity contribution in [2.24, 2.45) is 23.2 Å². The van der Waals surface area contributed by atoms with Gasteiger partial charge in [-0.1, -0.05) is 25.8 Å². The Morgan fingerprint density at radius 1 is 1.21 bits per heavy atom. The van der Waals surface area contributed by atoms with Crippen LogP contribution in [0.1, 0.15) is 82.3 Å². The van der Waals surface area contributed by atoms with E-state index in [-0.39, 0.29) is 17.5 Å². The van der Waals surface area contributed by atoms with E-state index in [9.17, 15) is 15.0 Å². The Labute approximate surface area is 174 Å². The molecule has 2 saturated carbocycles. The number of carbonyl (C=O) groups excluding carboxylic acids is 1. The molecule has 0 heterocycles. The number of hydrogen-bond donors (Lipinski definition) is 2. The third-order valence-corrected chi connectivity index (χ3v) is 8.36. The lowest BCUT2D eigenvalue weighted by Gasteiger charge is -2.53. The third-order valence-electron chi connectivity index (χ3n) is 8.36. The molecule has 160 valence electrons. The normalized spacial score (nSPS) is 35.5. The van der Waals surface area contributed by atoms with Crippen molar-refractivity contribution >= 4 is 5.97 Å². The van der Waals surface area contributed by atoms with E-state index in [0.717, 1.165) is 51.4 Å². The third kappa shape index (κ3) is 3.93. The maximum Gasteiger partial charge on any atom is 0.302 e. The maximum atomic E-state index is 10.9. The lowest BCUT2D eigenvalue weighted by Crippen LogP contribution is -2.47. The number of rotatable bonds is 6. The van der Waals surface area contributed by atoms with Crippen molar-refractivity contribution < 1.29 is 19.7 Å². The van der Waals surface area contributed by atoms with Gasteiger partial charge in [0, 0.05) is 6.92 Å². The van der Waals surface area contributed by atoms with E-state index in [1.54, 1.807) is 0 Å². The summed E-state index contributed by atoms with van der Waals surface area (Å²) in [5.74, 6) is 2.59. The van der Waals surface area contributed by atoms with E-state index in [1.165, 1.54) is 24.5 Å². The SMILES string of the molecule is CC(=O)OCCCCC[C@@H]1Cc2cc(O)ccc2[C@H]2CC[C@]3(C)[C@@H](O)CC[C@H]3[C@H]12. The van der Waals surface area contributed by atoms with Crippen LogP contribution in [-0.2, 0) is 16.0 Å². The molecule has 3 aliphatic carbocycles. The Bertz CT molecular complexity index is 744. The summed E-state index contributed by atoms with van der Waals surface area (Å²) >= 11 is 0. The summed E-state index contributed by atoms with van der Waals surface area (Å²) in [6.07, 6.45) is 9.57. The zero-order chi connectivity index (χ0) is 20.6. The number of aromatic hydroxyl groups is 1. The molecule has 29 heavy (non-hydrogen) atoms. The van der Waals surface area contributed by atoms with Crippen molar-refractivity contribution in [1.82, 2.24) is 0 Å². The quantitative estimate of drug-likeness (QED) is 0.523. The van der Waals surface area contributed by atoms with Gasteiger partial charge in [-0.25, -0.2) is 0 Å². The molecule has 0 unspecified atom stereocenters. The standard InChI is InChI=1S/C25H36O4/c1-16(26)29-13-5-3-4-6-17-14-18-15-19(27)7-8-20(18)21-11-12-25(2)22(24(17)21)9-10-23(25)28/h7-8,15,17,21-24,27-28H,3-6,9-14H2,1-2H3/t17-,21-,22+,23+,24-,25+/m1/s1. The Hall–Kier alpha value is -1.55. The molecule has 0 bridgehead atoms. The zero-order valence-corrected chi connectivity index (χ0v) is 17.9. The van der Waals surface area contributed by atoms with Crippen LogP contribution in [0.4, 0.5) is 0 Å². The number of aliphatic hydroxyl groups excluding tert-OH is 1. The summed E-state index contributed by atoms with van der Waals surface area (Å²) in [4.78, 5) is 10.9. The number of carbonyl (C=O) groups is 1. The summed E-state index contributed by atoms with van der Waals surface area (Å²) in [7, 11) is 0. The van der Waals surface area contributed by atoms with Gasteiger partial charge in [-0.05, 0) is 97.3 Å². The largest absolute Gasteiger partial charge is 0.508 e. The number of ether oxygens (including phenoxy) is 1. The van der Waals surface area contributed by atoms with Gasteiger partial charge in [0.2, 0.25) is 0 Å². The van der Waals surface area contributed by atoms with Crippen molar-refractivity contribution in [2.75, 3.05) is 6.61 Å². The number of unbranched alkanes of at least 4 members (excludes halogenated alkanes) is 2. The topological polar surface area (TPSA) is 66.8 Å². The van der Waals surface area contributed by atoms with Gasteiger partial charge >= 0.3 is 5.97 Å². The highest BCUT2D eigenvalue weighted by Crippen LogP contribution is 2.62. The van der Waals surface area contributed by atoms with Crippen LogP contribution in [0.25, 0.3) is 0 Å². The summed E-state index contributed by atoms with van der Waals surface area (Å²) in [5.41, 5.74) is 2.85. The molecule has 1 aromatic rings. The van der Waals surface area contributed by atoms with E-state index >= 15 is 0 Å². The van der Waals surface area contributed by atoms with Gasteiger partial charge in [0.1, 0.15) is 5.75 Å². The predicted molar refractivity (Wildman–Crippen MR) is 113 cm³/mol. The van der Waals surface area contributed by atoms with E-state index in [2.05, 4.69) is 13.0 Å². The van der Waals surface area contributed by atoms with Crippen molar-refractivity contribution in [3.8, 4) is 5.75 Å². The Morgan fingerprint density at radius 2 is 2.03 bits per heavy atom. The van der Waals surface area contributed by atoms with Crippen LogP contribution in [0.2, 0.25) is 0 Å². The van der Waals surface area contributed by atoms with Crippen LogP contribution < -0.4 is 0 Å². The lowest BCUT2D eigenvalue weighted by atomic mass is 9.52. The monoisotopic (exact) mass is 400 g/mol. The van der Waals surface area contributed by atoms with Crippen molar-refractivity contribution in [3.63, 3.8) is 0 Å². The summed E-state index contributed by atoms with van der Waals surface area (Å²) in [6, 6.07) is 5.99. The molecule has 1 aromatic carbocycles. The number of esters is 1. The van der Waals surface area contributed by atoms with Crippen molar-refractivity contribution in [2.45, 2.75) is 83.7 Å². The van der Waals surface area contributed by atoms with Gasteiger partial charge in [0.25, 0.3) is 0 Å². The fourth-order valence-corrected chi connectivity index (χ4v) is 6.93. The van der Waals surface area contributed by atoms with Gasteiger partial charge in [0.15, 0.2) is 0 Å². The second-order valence-electron chi connectivity index (χ2n) is 9.96. The first-order valence-corrected chi connectivity index (χ1v) is 11.5.